The summed E-state index contributed by atoms with van der Waals surface area (Å²) in [5, 5.41) is 0. The molecule has 0 N–H and O–H groups in total. The summed E-state index contributed by atoms with van der Waals surface area (Å²) in [4.78, 5) is 0. The van der Waals surface area contributed by atoms with Crippen molar-refractivity contribution < 1.29 is 9.47 Å². The number of hydrogen-bond acceptors (Lipinski definition) is 2. The SMILES string of the molecule is Brc1ccc(CCO[C@H]2CCCCO2)cc1. The molecular formula is C13H17BrO2. The number of benzene rings is 1. The Labute approximate surface area is 105 Å². The lowest BCUT2D eigenvalue weighted by Crippen LogP contribution is -2.23. The summed E-state index contributed by atoms with van der Waals surface area (Å²) in [6, 6.07) is 8.36. The molecule has 3 heteroatoms. The lowest BCUT2D eigenvalue weighted by molar-refractivity contribution is -0.161. The molecule has 0 saturated carbocycles. The second-order valence-corrected chi connectivity index (χ2v) is 4.96. The molecule has 1 aliphatic heterocycles. The number of halogens is 1. The van der Waals surface area contributed by atoms with Crippen LogP contribution in [0.3, 0.4) is 0 Å². The average molecular weight is 285 g/mol. The van der Waals surface area contributed by atoms with Crippen LogP contribution in [0, 0.1) is 0 Å². The summed E-state index contributed by atoms with van der Waals surface area (Å²) in [6.07, 6.45) is 4.42. The maximum Gasteiger partial charge on any atom is 0.157 e. The van der Waals surface area contributed by atoms with Crippen LogP contribution in [-0.4, -0.2) is 19.5 Å². The standard InChI is InChI=1S/C13H17BrO2/c14-12-6-4-11(5-7-12)8-10-16-13-3-1-2-9-15-13/h4-7,13H,1-3,8-10H2/t13-/m0/s1. The molecule has 0 radical (unpaired) electrons. The second-order valence-electron chi connectivity index (χ2n) is 4.04. The van der Waals surface area contributed by atoms with Gasteiger partial charge in [-0.15, -0.1) is 0 Å². The van der Waals surface area contributed by atoms with Crippen molar-refractivity contribution in [1.29, 1.82) is 0 Å². The highest BCUT2D eigenvalue weighted by Gasteiger charge is 2.13. The summed E-state index contributed by atoms with van der Waals surface area (Å²) >= 11 is 3.42. The van der Waals surface area contributed by atoms with Crippen LogP contribution in [0.1, 0.15) is 24.8 Å². The summed E-state index contributed by atoms with van der Waals surface area (Å²) in [6.45, 7) is 1.59. The van der Waals surface area contributed by atoms with E-state index in [-0.39, 0.29) is 6.29 Å². The third-order valence-electron chi connectivity index (χ3n) is 2.75. The van der Waals surface area contributed by atoms with E-state index in [1.165, 1.54) is 18.4 Å². The Kier molecular flexibility index (Phi) is 4.82. The Bertz CT molecular complexity index is 304. The van der Waals surface area contributed by atoms with Gasteiger partial charge < -0.3 is 9.47 Å². The van der Waals surface area contributed by atoms with Gasteiger partial charge in [-0.25, -0.2) is 0 Å². The lowest BCUT2D eigenvalue weighted by atomic mass is 10.2. The lowest BCUT2D eigenvalue weighted by Gasteiger charge is -2.22. The van der Waals surface area contributed by atoms with Gasteiger partial charge in [0.1, 0.15) is 0 Å². The minimum Gasteiger partial charge on any atom is -0.353 e. The predicted molar refractivity (Wildman–Crippen MR) is 67.4 cm³/mol. The van der Waals surface area contributed by atoms with Gasteiger partial charge in [-0.05, 0) is 43.4 Å². The highest BCUT2D eigenvalue weighted by Crippen LogP contribution is 2.15. The van der Waals surface area contributed by atoms with Gasteiger partial charge in [0.15, 0.2) is 6.29 Å². The van der Waals surface area contributed by atoms with E-state index in [4.69, 9.17) is 9.47 Å². The molecule has 0 amide bonds. The molecule has 0 aromatic heterocycles. The average Bonchev–Trinajstić information content (AvgIpc) is 2.33. The summed E-state index contributed by atoms with van der Waals surface area (Å²) in [7, 11) is 0. The van der Waals surface area contributed by atoms with Gasteiger partial charge in [-0.3, -0.25) is 0 Å². The molecule has 1 heterocycles. The molecule has 0 aliphatic carbocycles. The molecule has 0 spiro atoms. The molecule has 0 bridgehead atoms. The predicted octanol–water partition coefficient (Wildman–Crippen LogP) is 3.53. The van der Waals surface area contributed by atoms with Crippen LogP contribution >= 0.6 is 15.9 Å². The van der Waals surface area contributed by atoms with Crippen LogP contribution in [0.4, 0.5) is 0 Å². The molecule has 88 valence electrons. The fraction of sp³-hybridized carbons (Fsp3) is 0.538. The smallest absolute Gasteiger partial charge is 0.157 e. The Hall–Kier alpha value is -0.380. The Morgan fingerprint density at radius 3 is 2.75 bits per heavy atom. The van der Waals surface area contributed by atoms with Crippen molar-refractivity contribution in [3.8, 4) is 0 Å². The first-order valence-corrected chi connectivity index (χ1v) is 6.61. The number of rotatable bonds is 4. The zero-order valence-corrected chi connectivity index (χ0v) is 10.9. The van der Waals surface area contributed by atoms with Crippen LogP contribution in [0.15, 0.2) is 28.7 Å². The number of hydrogen-bond donors (Lipinski definition) is 0. The summed E-state index contributed by atoms with van der Waals surface area (Å²) in [5.74, 6) is 0. The fourth-order valence-electron chi connectivity index (χ4n) is 1.80. The molecule has 2 nitrogen and oxygen atoms in total. The van der Waals surface area contributed by atoms with Crippen molar-refractivity contribution in [2.45, 2.75) is 32.0 Å². The number of ether oxygens (including phenoxy) is 2. The molecule has 1 saturated heterocycles. The minimum absolute atomic E-state index is 0.0317. The highest BCUT2D eigenvalue weighted by atomic mass is 79.9. The molecule has 1 fully saturated rings. The third kappa shape index (κ3) is 3.89. The molecule has 1 aromatic rings. The normalized spacial score (nSPS) is 20.9. The Morgan fingerprint density at radius 1 is 1.25 bits per heavy atom. The largest absolute Gasteiger partial charge is 0.353 e. The topological polar surface area (TPSA) is 18.5 Å². The summed E-state index contributed by atoms with van der Waals surface area (Å²) in [5.41, 5.74) is 1.30. The second kappa shape index (κ2) is 6.38. The fourth-order valence-corrected chi connectivity index (χ4v) is 2.07. The maximum atomic E-state index is 5.68. The minimum atomic E-state index is 0.0317. The quantitative estimate of drug-likeness (QED) is 0.842. The van der Waals surface area contributed by atoms with Crippen LogP contribution in [0.2, 0.25) is 0 Å². The highest BCUT2D eigenvalue weighted by molar-refractivity contribution is 9.10. The van der Waals surface area contributed by atoms with E-state index in [0.29, 0.717) is 0 Å². The molecule has 1 aromatic carbocycles. The van der Waals surface area contributed by atoms with E-state index in [1.807, 2.05) is 0 Å². The first-order valence-electron chi connectivity index (χ1n) is 5.82. The van der Waals surface area contributed by atoms with Crippen molar-refractivity contribution in [2.24, 2.45) is 0 Å². The molecule has 1 aliphatic rings. The zero-order chi connectivity index (χ0) is 11.2. The molecule has 2 rings (SSSR count). The van der Waals surface area contributed by atoms with Gasteiger partial charge in [0.05, 0.1) is 6.61 Å². The van der Waals surface area contributed by atoms with Crippen LogP contribution < -0.4 is 0 Å². The molecule has 0 unspecified atom stereocenters. The first kappa shape index (κ1) is 12.1. The van der Waals surface area contributed by atoms with Gasteiger partial charge in [0.2, 0.25) is 0 Å². The molecular weight excluding hydrogens is 268 g/mol. The van der Waals surface area contributed by atoms with E-state index in [1.54, 1.807) is 0 Å². The summed E-state index contributed by atoms with van der Waals surface area (Å²) < 4.78 is 12.3. The van der Waals surface area contributed by atoms with Gasteiger partial charge in [0, 0.05) is 11.1 Å². The van der Waals surface area contributed by atoms with Crippen LogP contribution in [0.5, 0.6) is 0 Å². The van der Waals surface area contributed by atoms with E-state index >= 15 is 0 Å². The van der Waals surface area contributed by atoms with Crippen molar-refractivity contribution in [3.05, 3.63) is 34.3 Å². The van der Waals surface area contributed by atoms with Gasteiger partial charge in [-0.1, -0.05) is 28.1 Å². The van der Waals surface area contributed by atoms with Crippen molar-refractivity contribution >= 4 is 15.9 Å². The maximum absolute atomic E-state index is 5.68. The third-order valence-corrected chi connectivity index (χ3v) is 3.27. The van der Waals surface area contributed by atoms with E-state index in [2.05, 4.69) is 40.2 Å². The van der Waals surface area contributed by atoms with Crippen molar-refractivity contribution in [3.63, 3.8) is 0 Å². The van der Waals surface area contributed by atoms with Crippen LogP contribution in [0.25, 0.3) is 0 Å². The Morgan fingerprint density at radius 2 is 2.06 bits per heavy atom. The first-order chi connectivity index (χ1) is 7.84. The van der Waals surface area contributed by atoms with Crippen LogP contribution in [-0.2, 0) is 15.9 Å². The van der Waals surface area contributed by atoms with E-state index in [9.17, 15) is 0 Å². The Balaban J connectivity index is 1.69. The monoisotopic (exact) mass is 284 g/mol. The van der Waals surface area contributed by atoms with Gasteiger partial charge in [0.25, 0.3) is 0 Å². The molecule has 16 heavy (non-hydrogen) atoms. The molecule has 1 atom stereocenters. The van der Waals surface area contributed by atoms with E-state index < -0.39 is 0 Å². The van der Waals surface area contributed by atoms with Crippen molar-refractivity contribution in [1.82, 2.24) is 0 Å². The zero-order valence-electron chi connectivity index (χ0n) is 9.32. The van der Waals surface area contributed by atoms with Crippen molar-refractivity contribution in [2.75, 3.05) is 13.2 Å². The van der Waals surface area contributed by atoms with Gasteiger partial charge in [-0.2, -0.15) is 0 Å². The van der Waals surface area contributed by atoms with E-state index in [0.717, 1.165) is 30.5 Å². The van der Waals surface area contributed by atoms with Gasteiger partial charge >= 0.3 is 0 Å².